The van der Waals surface area contributed by atoms with E-state index in [0.717, 1.165) is 44.2 Å². The average molecular weight is 364 g/mol. The molecule has 7 nitrogen and oxygen atoms in total. The fourth-order valence-corrected chi connectivity index (χ4v) is 4.66. The third-order valence-electron chi connectivity index (χ3n) is 6.04. The van der Waals surface area contributed by atoms with Crippen molar-refractivity contribution in [1.82, 2.24) is 24.0 Å². The maximum atomic E-state index is 12.8. The first kappa shape index (κ1) is 16.4. The van der Waals surface area contributed by atoms with Crippen molar-refractivity contribution in [1.29, 1.82) is 0 Å². The van der Waals surface area contributed by atoms with Gasteiger partial charge in [-0.1, -0.05) is 12.1 Å². The molecule has 0 spiro atoms. The third kappa shape index (κ3) is 2.52. The lowest BCUT2D eigenvalue weighted by Gasteiger charge is -2.23. The van der Waals surface area contributed by atoms with Crippen LogP contribution in [0.2, 0.25) is 0 Å². The molecule has 0 bridgehead atoms. The molecule has 0 radical (unpaired) electrons. The average Bonchev–Trinajstić information content (AvgIpc) is 3.41. The first-order chi connectivity index (χ1) is 13.2. The molecule has 2 atom stereocenters. The van der Waals surface area contributed by atoms with Crippen LogP contribution >= 0.6 is 0 Å². The Morgan fingerprint density at radius 1 is 1.15 bits per heavy atom. The van der Waals surface area contributed by atoms with Crippen molar-refractivity contribution in [2.24, 2.45) is 18.9 Å². The van der Waals surface area contributed by atoms with Gasteiger partial charge in [0.1, 0.15) is 5.69 Å². The van der Waals surface area contributed by atoms with Gasteiger partial charge < -0.3 is 18.9 Å². The standard InChI is InChI=1S/C20H24N6O/c1-3-26-17-7-5-4-6-16(17)22-20(26)25-11-14-9-24(10-15(14)12-25)19(27)18-8-21-13-23(18)2/h4-8,13-15H,3,9-12H2,1-2H3. The Kier molecular flexibility index (Phi) is 3.70. The number of aromatic nitrogens is 4. The number of hydrogen-bond acceptors (Lipinski definition) is 4. The van der Waals surface area contributed by atoms with Crippen molar-refractivity contribution in [3.63, 3.8) is 0 Å². The lowest BCUT2D eigenvalue weighted by Crippen LogP contribution is -2.34. The molecular weight excluding hydrogens is 340 g/mol. The van der Waals surface area contributed by atoms with Crippen molar-refractivity contribution >= 4 is 22.9 Å². The van der Waals surface area contributed by atoms with E-state index in [1.165, 1.54) is 5.52 Å². The molecule has 2 saturated heterocycles. The number of imidazole rings is 2. The van der Waals surface area contributed by atoms with E-state index in [9.17, 15) is 4.79 Å². The highest BCUT2D eigenvalue weighted by atomic mass is 16.2. The quantitative estimate of drug-likeness (QED) is 0.713. The summed E-state index contributed by atoms with van der Waals surface area (Å²) in [4.78, 5) is 26.1. The van der Waals surface area contributed by atoms with Crippen LogP contribution in [-0.2, 0) is 13.6 Å². The molecule has 2 aromatic heterocycles. The van der Waals surface area contributed by atoms with Gasteiger partial charge in [-0.05, 0) is 19.1 Å². The van der Waals surface area contributed by atoms with E-state index < -0.39 is 0 Å². The second kappa shape index (κ2) is 6.11. The van der Waals surface area contributed by atoms with E-state index in [-0.39, 0.29) is 5.91 Å². The van der Waals surface area contributed by atoms with Gasteiger partial charge in [-0.3, -0.25) is 4.79 Å². The van der Waals surface area contributed by atoms with Crippen LogP contribution in [0.5, 0.6) is 0 Å². The molecule has 0 saturated carbocycles. The number of anilines is 1. The van der Waals surface area contributed by atoms with Gasteiger partial charge in [0, 0.05) is 51.6 Å². The highest BCUT2D eigenvalue weighted by Gasteiger charge is 2.43. The molecule has 3 aromatic rings. The van der Waals surface area contributed by atoms with Crippen molar-refractivity contribution in [2.45, 2.75) is 13.5 Å². The molecule has 2 unspecified atom stereocenters. The van der Waals surface area contributed by atoms with Gasteiger partial charge in [0.15, 0.2) is 0 Å². The van der Waals surface area contributed by atoms with Crippen LogP contribution in [0.1, 0.15) is 17.4 Å². The number of nitrogens with zero attached hydrogens (tertiary/aromatic N) is 6. The van der Waals surface area contributed by atoms with Crippen molar-refractivity contribution in [3.8, 4) is 0 Å². The van der Waals surface area contributed by atoms with Gasteiger partial charge in [0.2, 0.25) is 5.95 Å². The molecule has 0 aliphatic carbocycles. The van der Waals surface area contributed by atoms with Crippen molar-refractivity contribution in [2.75, 3.05) is 31.1 Å². The summed E-state index contributed by atoms with van der Waals surface area (Å²) in [5.74, 6) is 2.17. The van der Waals surface area contributed by atoms with Gasteiger partial charge in [-0.15, -0.1) is 0 Å². The predicted molar refractivity (Wildman–Crippen MR) is 104 cm³/mol. The summed E-state index contributed by atoms with van der Waals surface area (Å²) in [6, 6.07) is 8.33. The maximum absolute atomic E-state index is 12.8. The number of carbonyl (C=O) groups is 1. The largest absolute Gasteiger partial charge is 0.342 e. The van der Waals surface area contributed by atoms with Crippen LogP contribution in [0, 0.1) is 11.8 Å². The predicted octanol–water partition coefficient (Wildman–Crippen LogP) is 2.00. The molecule has 7 heteroatoms. The molecule has 5 rings (SSSR count). The highest BCUT2D eigenvalue weighted by Crippen LogP contribution is 2.35. The van der Waals surface area contributed by atoms with Crippen LogP contribution in [0.25, 0.3) is 11.0 Å². The van der Waals surface area contributed by atoms with Crippen LogP contribution in [0.4, 0.5) is 5.95 Å². The molecule has 2 aliphatic heterocycles. The Labute approximate surface area is 158 Å². The Bertz CT molecular complexity index is 991. The van der Waals surface area contributed by atoms with Gasteiger partial charge in [-0.25, -0.2) is 9.97 Å². The monoisotopic (exact) mass is 364 g/mol. The molecule has 140 valence electrons. The summed E-state index contributed by atoms with van der Waals surface area (Å²) in [7, 11) is 1.87. The molecule has 4 heterocycles. The van der Waals surface area contributed by atoms with Gasteiger partial charge in [0.25, 0.3) is 5.91 Å². The molecular formula is C20H24N6O. The molecule has 1 amide bonds. The number of likely N-dealkylation sites (tertiary alicyclic amines) is 1. The van der Waals surface area contributed by atoms with Crippen LogP contribution in [0.3, 0.4) is 0 Å². The SMILES string of the molecule is CCn1c(N2CC3CN(C(=O)c4cncn4C)CC3C2)nc2ccccc21. The van der Waals surface area contributed by atoms with Crippen molar-refractivity contribution in [3.05, 3.63) is 42.5 Å². The number of carbonyl (C=O) groups excluding carboxylic acids is 1. The van der Waals surface area contributed by atoms with E-state index in [1.807, 2.05) is 18.0 Å². The summed E-state index contributed by atoms with van der Waals surface area (Å²) in [6.45, 7) is 6.64. The topological polar surface area (TPSA) is 59.2 Å². The van der Waals surface area contributed by atoms with E-state index in [1.54, 1.807) is 17.1 Å². The molecule has 1 aromatic carbocycles. The van der Waals surface area contributed by atoms with Crippen LogP contribution in [-0.4, -0.2) is 56.1 Å². The Hall–Kier alpha value is -2.83. The van der Waals surface area contributed by atoms with Crippen LogP contribution in [0.15, 0.2) is 36.8 Å². The first-order valence-electron chi connectivity index (χ1n) is 9.61. The summed E-state index contributed by atoms with van der Waals surface area (Å²) >= 11 is 0. The Balaban J connectivity index is 1.34. The van der Waals surface area contributed by atoms with E-state index in [2.05, 4.69) is 39.6 Å². The fraction of sp³-hybridized carbons (Fsp3) is 0.450. The minimum absolute atomic E-state index is 0.0942. The second-order valence-corrected chi connectivity index (χ2v) is 7.67. The highest BCUT2D eigenvalue weighted by molar-refractivity contribution is 5.92. The zero-order chi connectivity index (χ0) is 18.5. The molecule has 2 fully saturated rings. The lowest BCUT2D eigenvalue weighted by atomic mass is 10.0. The number of hydrogen-bond donors (Lipinski definition) is 0. The van der Waals surface area contributed by atoms with Crippen molar-refractivity contribution < 1.29 is 4.79 Å². The minimum Gasteiger partial charge on any atom is -0.342 e. The summed E-state index contributed by atoms with van der Waals surface area (Å²) < 4.78 is 4.10. The van der Waals surface area contributed by atoms with E-state index in [0.29, 0.717) is 17.5 Å². The number of amides is 1. The van der Waals surface area contributed by atoms with Crippen LogP contribution < -0.4 is 4.90 Å². The lowest BCUT2D eigenvalue weighted by molar-refractivity contribution is 0.0773. The molecule has 27 heavy (non-hydrogen) atoms. The maximum Gasteiger partial charge on any atom is 0.272 e. The van der Waals surface area contributed by atoms with Gasteiger partial charge in [-0.2, -0.15) is 0 Å². The van der Waals surface area contributed by atoms with Gasteiger partial charge in [0.05, 0.1) is 23.6 Å². The summed E-state index contributed by atoms with van der Waals surface area (Å²) in [6.07, 6.45) is 3.34. The van der Waals surface area contributed by atoms with E-state index >= 15 is 0 Å². The zero-order valence-electron chi connectivity index (χ0n) is 15.7. The normalized spacial score (nSPS) is 22.0. The number of fused-ring (bicyclic) bond motifs is 2. The number of para-hydroxylation sites is 2. The second-order valence-electron chi connectivity index (χ2n) is 7.67. The minimum atomic E-state index is 0.0942. The van der Waals surface area contributed by atoms with Gasteiger partial charge >= 0.3 is 0 Å². The first-order valence-corrected chi connectivity index (χ1v) is 9.61. The van der Waals surface area contributed by atoms with E-state index in [4.69, 9.17) is 4.98 Å². The summed E-state index contributed by atoms with van der Waals surface area (Å²) in [5.41, 5.74) is 2.92. The third-order valence-corrected chi connectivity index (χ3v) is 6.04. The number of benzene rings is 1. The Morgan fingerprint density at radius 2 is 1.89 bits per heavy atom. The summed E-state index contributed by atoms with van der Waals surface area (Å²) in [5, 5.41) is 0. The number of aryl methyl sites for hydroxylation is 2. The smallest absolute Gasteiger partial charge is 0.272 e. The number of rotatable bonds is 3. The Morgan fingerprint density at radius 3 is 2.56 bits per heavy atom. The zero-order valence-corrected chi connectivity index (χ0v) is 15.7. The molecule has 2 aliphatic rings. The molecule has 0 N–H and O–H groups in total. The fourth-order valence-electron chi connectivity index (χ4n) is 4.66.